The molecule has 0 N–H and O–H groups in total. The van der Waals surface area contributed by atoms with Crippen molar-refractivity contribution >= 4 is 15.9 Å². The number of hydrogen-bond donors (Lipinski definition) is 0. The summed E-state index contributed by atoms with van der Waals surface area (Å²) in [6.07, 6.45) is 2.74. The molecule has 1 aromatic rings. The number of fused-ring (bicyclic) bond motifs is 4. The lowest BCUT2D eigenvalue weighted by molar-refractivity contribution is 0.0576. The summed E-state index contributed by atoms with van der Waals surface area (Å²) in [7, 11) is -0.519. The van der Waals surface area contributed by atoms with Gasteiger partial charge in [0.15, 0.2) is 0 Å². The van der Waals surface area contributed by atoms with E-state index in [1.807, 2.05) is 0 Å². The zero-order valence-electron chi connectivity index (χ0n) is 14.5. The highest BCUT2D eigenvalue weighted by Crippen LogP contribution is 2.29. The van der Waals surface area contributed by atoms with Crippen molar-refractivity contribution in [3.8, 4) is 0 Å². The van der Waals surface area contributed by atoms with E-state index in [0.29, 0.717) is 19.5 Å². The summed E-state index contributed by atoms with van der Waals surface area (Å²) in [5, 5.41) is 0. The Labute approximate surface area is 145 Å². The van der Waals surface area contributed by atoms with Crippen molar-refractivity contribution < 1.29 is 13.2 Å². The van der Waals surface area contributed by atoms with Crippen molar-refractivity contribution in [1.29, 1.82) is 0 Å². The van der Waals surface area contributed by atoms with Crippen molar-refractivity contribution in [2.75, 3.05) is 25.9 Å². The van der Waals surface area contributed by atoms with Gasteiger partial charge in [0.1, 0.15) is 5.69 Å². The van der Waals surface area contributed by atoms with Crippen LogP contribution in [-0.2, 0) is 24.1 Å². The van der Waals surface area contributed by atoms with Crippen molar-refractivity contribution in [3.63, 3.8) is 0 Å². The Morgan fingerprint density at radius 3 is 2.40 bits per heavy atom. The fraction of sp³-hybridized carbons (Fsp3) is 0.667. The highest BCUT2D eigenvalue weighted by molar-refractivity contribution is 7.88. The topological polar surface area (TPSA) is 102 Å². The van der Waals surface area contributed by atoms with Gasteiger partial charge >= 0.3 is 5.69 Å². The SMILES string of the molecule is Cn1c(C(=O)N2C[C@H]3CC[C@@H]2CN(S(C)(=O)=O)C3)cc(=O)n(C)c1=O. The van der Waals surface area contributed by atoms with E-state index < -0.39 is 27.2 Å². The van der Waals surface area contributed by atoms with Crippen LogP contribution >= 0.6 is 0 Å². The molecule has 0 aliphatic carbocycles. The zero-order valence-corrected chi connectivity index (χ0v) is 15.3. The van der Waals surface area contributed by atoms with Gasteiger partial charge in [0.05, 0.1) is 6.26 Å². The summed E-state index contributed by atoms with van der Waals surface area (Å²) < 4.78 is 27.4. The lowest BCUT2D eigenvalue weighted by Crippen LogP contribution is -2.50. The molecule has 10 heteroatoms. The number of nitrogens with zero attached hydrogens (tertiary/aromatic N) is 4. The maximum atomic E-state index is 13.0. The van der Waals surface area contributed by atoms with E-state index in [4.69, 9.17) is 0 Å². The van der Waals surface area contributed by atoms with Crippen LogP contribution in [0.2, 0.25) is 0 Å². The van der Waals surface area contributed by atoms with Gasteiger partial charge in [-0.2, -0.15) is 4.31 Å². The summed E-state index contributed by atoms with van der Waals surface area (Å²) in [6.45, 7) is 1.08. The molecule has 4 heterocycles. The third-order valence-electron chi connectivity index (χ3n) is 5.16. The molecule has 0 radical (unpaired) electrons. The molecule has 3 fully saturated rings. The smallest absolute Gasteiger partial charge is 0.331 e. The van der Waals surface area contributed by atoms with Crippen LogP contribution in [0.15, 0.2) is 15.7 Å². The first-order valence-corrected chi connectivity index (χ1v) is 9.97. The lowest BCUT2D eigenvalue weighted by Gasteiger charge is -2.36. The molecule has 1 amide bonds. The van der Waals surface area contributed by atoms with E-state index in [9.17, 15) is 22.8 Å². The molecule has 2 atom stereocenters. The monoisotopic (exact) mass is 370 g/mol. The average Bonchev–Trinajstić information content (AvgIpc) is 2.87. The molecule has 0 unspecified atom stereocenters. The van der Waals surface area contributed by atoms with Crippen LogP contribution in [0.1, 0.15) is 23.3 Å². The van der Waals surface area contributed by atoms with E-state index in [1.165, 1.54) is 24.7 Å². The molecule has 0 saturated carbocycles. The van der Waals surface area contributed by atoms with Crippen molar-refractivity contribution in [2.45, 2.75) is 18.9 Å². The molecule has 3 saturated heterocycles. The molecular formula is C15H22N4O5S. The highest BCUT2D eigenvalue weighted by atomic mass is 32.2. The Hall–Kier alpha value is -1.94. The summed E-state index contributed by atoms with van der Waals surface area (Å²) in [5.41, 5.74) is -1.07. The lowest BCUT2D eigenvalue weighted by atomic mass is 9.94. The predicted octanol–water partition coefficient (Wildman–Crippen LogP) is -1.42. The van der Waals surface area contributed by atoms with E-state index >= 15 is 0 Å². The maximum Gasteiger partial charge on any atom is 0.331 e. The first-order chi connectivity index (χ1) is 11.6. The van der Waals surface area contributed by atoms with Crippen LogP contribution in [0.5, 0.6) is 0 Å². The van der Waals surface area contributed by atoms with E-state index in [2.05, 4.69) is 0 Å². The van der Waals surface area contributed by atoms with Gasteiger partial charge in [0, 0.05) is 45.8 Å². The standard InChI is InChI=1S/C15H22N4O5S/c1-16-12(6-13(20)17(2)15(16)22)14(21)19-8-10-4-5-11(19)9-18(7-10)25(3,23)24/h6,10-11H,4-5,7-9H2,1-3H3/t10-,11+/m0/s1. The first-order valence-electron chi connectivity index (χ1n) is 8.12. The summed E-state index contributed by atoms with van der Waals surface area (Å²) in [4.78, 5) is 38.6. The Morgan fingerprint density at radius 2 is 1.76 bits per heavy atom. The van der Waals surface area contributed by atoms with Gasteiger partial charge in [0.25, 0.3) is 11.5 Å². The third kappa shape index (κ3) is 3.15. The number of carbonyl (C=O) groups excluding carboxylic acids is 1. The highest BCUT2D eigenvalue weighted by Gasteiger charge is 2.40. The quantitative estimate of drug-likeness (QED) is 0.636. The van der Waals surface area contributed by atoms with Gasteiger partial charge in [-0.25, -0.2) is 13.2 Å². The number of sulfonamides is 1. The van der Waals surface area contributed by atoms with Crippen LogP contribution in [-0.4, -0.2) is 64.6 Å². The Morgan fingerprint density at radius 1 is 1.08 bits per heavy atom. The molecule has 3 aliphatic rings. The molecule has 1 aromatic heterocycles. The third-order valence-corrected chi connectivity index (χ3v) is 6.39. The molecule has 0 spiro atoms. The number of amides is 1. The van der Waals surface area contributed by atoms with Gasteiger partial charge in [-0.15, -0.1) is 0 Å². The fourth-order valence-corrected chi connectivity index (χ4v) is 4.57. The van der Waals surface area contributed by atoms with Crippen LogP contribution in [0.25, 0.3) is 0 Å². The van der Waals surface area contributed by atoms with Crippen LogP contribution in [0.3, 0.4) is 0 Å². The fourth-order valence-electron chi connectivity index (χ4n) is 3.64. The van der Waals surface area contributed by atoms with Crippen LogP contribution in [0, 0.1) is 5.92 Å². The Balaban J connectivity index is 1.97. The molecular weight excluding hydrogens is 348 g/mol. The summed E-state index contributed by atoms with van der Waals surface area (Å²) >= 11 is 0. The van der Waals surface area contributed by atoms with Crippen molar-refractivity contribution in [3.05, 3.63) is 32.6 Å². The number of hydrogen-bond acceptors (Lipinski definition) is 5. The molecule has 25 heavy (non-hydrogen) atoms. The molecule has 9 nitrogen and oxygen atoms in total. The number of aromatic nitrogens is 2. The normalized spacial score (nSPS) is 24.4. The van der Waals surface area contributed by atoms with Gasteiger partial charge in [-0.3, -0.25) is 18.7 Å². The minimum absolute atomic E-state index is 0.0338. The van der Waals surface area contributed by atoms with Crippen molar-refractivity contribution in [2.24, 2.45) is 20.0 Å². The molecule has 138 valence electrons. The largest absolute Gasteiger partial charge is 0.333 e. The van der Waals surface area contributed by atoms with Crippen LogP contribution < -0.4 is 11.2 Å². The minimum atomic E-state index is -3.33. The van der Waals surface area contributed by atoms with E-state index in [1.54, 1.807) is 4.90 Å². The second-order valence-electron chi connectivity index (χ2n) is 6.90. The molecule has 3 aliphatic heterocycles. The first kappa shape index (κ1) is 17.9. The average molecular weight is 370 g/mol. The molecule has 0 aromatic carbocycles. The maximum absolute atomic E-state index is 13.0. The van der Waals surface area contributed by atoms with Gasteiger partial charge in [-0.1, -0.05) is 0 Å². The van der Waals surface area contributed by atoms with Gasteiger partial charge in [0.2, 0.25) is 10.0 Å². The summed E-state index contributed by atoms with van der Waals surface area (Å²) in [5.74, 6) is -0.344. The van der Waals surface area contributed by atoms with E-state index in [0.717, 1.165) is 21.6 Å². The van der Waals surface area contributed by atoms with Gasteiger partial charge < -0.3 is 4.90 Å². The second kappa shape index (κ2) is 6.10. The number of piperidine rings is 1. The number of rotatable bonds is 2. The van der Waals surface area contributed by atoms with Crippen LogP contribution in [0.4, 0.5) is 0 Å². The van der Waals surface area contributed by atoms with Crippen molar-refractivity contribution in [1.82, 2.24) is 18.3 Å². The van der Waals surface area contributed by atoms with E-state index in [-0.39, 0.29) is 24.2 Å². The Kier molecular flexibility index (Phi) is 4.36. The predicted molar refractivity (Wildman–Crippen MR) is 90.9 cm³/mol. The number of carbonyl (C=O) groups is 1. The molecule has 2 bridgehead atoms. The second-order valence-corrected chi connectivity index (χ2v) is 8.89. The van der Waals surface area contributed by atoms with Gasteiger partial charge in [-0.05, 0) is 18.8 Å². The zero-order chi connectivity index (χ0) is 18.5. The minimum Gasteiger partial charge on any atom is -0.333 e. The molecule has 4 rings (SSSR count). The summed E-state index contributed by atoms with van der Waals surface area (Å²) in [6, 6.07) is 0.913. The Bertz CT molecular complexity index is 932.